The lowest BCUT2D eigenvalue weighted by Crippen LogP contribution is -2.24. The first kappa shape index (κ1) is 17.1. The normalized spacial score (nSPS) is 10.1. The first-order valence-electron chi connectivity index (χ1n) is 7.27. The van der Waals surface area contributed by atoms with Crippen LogP contribution in [0.2, 0.25) is 0 Å². The molecule has 0 spiro atoms. The van der Waals surface area contributed by atoms with Crippen LogP contribution >= 0.6 is 0 Å². The maximum atomic E-state index is 12.3. The number of amides is 2. The van der Waals surface area contributed by atoms with Crippen molar-refractivity contribution >= 4 is 17.5 Å². The van der Waals surface area contributed by atoms with Gasteiger partial charge in [0.05, 0.1) is 4.92 Å². The molecule has 2 aromatic carbocycles. The Morgan fingerprint density at radius 2 is 1.83 bits per heavy atom. The molecule has 0 aliphatic rings. The molecule has 2 N–H and O–H groups in total. The van der Waals surface area contributed by atoms with Crippen molar-refractivity contribution < 1.29 is 14.5 Å². The van der Waals surface area contributed by atoms with Crippen molar-refractivity contribution in [3.8, 4) is 0 Å². The van der Waals surface area contributed by atoms with Crippen LogP contribution in [0.5, 0.6) is 0 Å². The fourth-order valence-corrected chi connectivity index (χ4v) is 2.31. The van der Waals surface area contributed by atoms with Gasteiger partial charge in [0, 0.05) is 36.3 Å². The van der Waals surface area contributed by atoms with E-state index >= 15 is 0 Å². The quantitative estimate of drug-likeness (QED) is 0.649. The highest BCUT2D eigenvalue weighted by molar-refractivity contribution is 5.96. The van der Waals surface area contributed by atoms with E-state index in [1.807, 2.05) is 0 Å². The molecule has 0 radical (unpaired) electrons. The van der Waals surface area contributed by atoms with E-state index in [1.54, 1.807) is 44.3 Å². The Kier molecular flexibility index (Phi) is 5.26. The Bertz CT molecular complexity index is 802. The number of hydrogen-bond acceptors (Lipinski definition) is 4. The highest BCUT2D eigenvalue weighted by Crippen LogP contribution is 2.21. The highest BCUT2D eigenvalue weighted by Gasteiger charge is 2.17. The second-order valence-electron chi connectivity index (χ2n) is 5.17. The van der Waals surface area contributed by atoms with Crippen LogP contribution < -0.4 is 10.6 Å². The minimum Gasteiger partial charge on any atom is -0.355 e. The number of carbonyl (C=O) groups excluding carboxylic acids is 2. The minimum absolute atomic E-state index is 0.0933. The summed E-state index contributed by atoms with van der Waals surface area (Å²) in [7, 11) is 1.54. The maximum Gasteiger partial charge on any atom is 0.273 e. The van der Waals surface area contributed by atoms with E-state index in [4.69, 9.17) is 0 Å². The van der Waals surface area contributed by atoms with Gasteiger partial charge in [0.25, 0.3) is 17.5 Å². The number of nitro benzene ring substituents is 1. The van der Waals surface area contributed by atoms with Crippen LogP contribution in [0.15, 0.2) is 42.5 Å². The average Bonchev–Trinajstić information content (AvgIpc) is 2.59. The Labute approximate surface area is 138 Å². The van der Waals surface area contributed by atoms with E-state index in [-0.39, 0.29) is 23.7 Å². The number of nitro groups is 1. The van der Waals surface area contributed by atoms with E-state index in [9.17, 15) is 19.7 Å². The number of nitrogens with zero attached hydrogens (tertiary/aromatic N) is 1. The summed E-state index contributed by atoms with van der Waals surface area (Å²) in [5.74, 6) is -0.612. The van der Waals surface area contributed by atoms with Crippen molar-refractivity contribution in [2.75, 3.05) is 7.05 Å². The van der Waals surface area contributed by atoms with Crippen LogP contribution in [0.25, 0.3) is 0 Å². The van der Waals surface area contributed by atoms with E-state index in [0.717, 1.165) is 5.56 Å². The maximum absolute atomic E-state index is 12.3. The van der Waals surface area contributed by atoms with Gasteiger partial charge in [0.1, 0.15) is 0 Å². The molecule has 0 fully saturated rings. The lowest BCUT2D eigenvalue weighted by molar-refractivity contribution is -0.385. The molecule has 0 aliphatic carbocycles. The van der Waals surface area contributed by atoms with Crippen molar-refractivity contribution in [1.82, 2.24) is 10.6 Å². The van der Waals surface area contributed by atoms with Gasteiger partial charge >= 0.3 is 0 Å². The molecule has 124 valence electrons. The molecular formula is C17H17N3O4. The zero-order valence-electron chi connectivity index (χ0n) is 13.3. The number of nitrogens with one attached hydrogen (secondary N) is 2. The van der Waals surface area contributed by atoms with Crippen LogP contribution in [-0.4, -0.2) is 23.8 Å². The Hall–Kier alpha value is -3.22. The fraction of sp³-hybridized carbons (Fsp3) is 0.176. The predicted octanol–water partition coefficient (Wildman–Crippen LogP) is 2.19. The smallest absolute Gasteiger partial charge is 0.273 e. The van der Waals surface area contributed by atoms with Gasteiger partial charge in [-0.1, -0.05) is 18.2 Å². The summed E-state index contributed by atoms with van der Waals surface area (Å²) in [6, 6.07) is 11.2. The summed E-state index contributed by atoms with van der Waals surface area (Å²) in [5.41, 5.74) is 1.73. The second kappa shape index (κ2) is 7.36. The first-order valence-corrected chi connectivity index (χ1v) is 7.27. The molecule has 2 rings (SSSR count). The van der Waals surface area contributed by atoms with Crippen molar-refractivity contribution in [1.29, 1.82) is 0 Å². The summed E-state index contributed by atoms with van der Waals surface area (Å²) >= 11 is 0. The summed E-state index contributed by atoms with van der Waals surface area (Å²) in [5, 5.41) is 16.2. The molecule has 0 unspecified atom stereocenters. The zero-order valence-corrected chi connectivity index (χ0v) is 13.3. The van der Waals surface area contributed by atoms with E-state index in [0.29, 0.717) is 11.1 Å². The second-order valence-corrected chi connectivity index (χ2v) is 5.17. The summed E-state index contributed by atoms with van der Waals surface area (Å²) < 4.78 is 0. The molecule has 0 aromatic heterocycles. The first-order chi connectivity index (χ1) is 11.4. The van der Waals surface area contributed by atoms with Crippen LogP contribution in [0.4, 0.5) is 5.69 Å². The Morgan fingerprint density at radius 3 is 2.50 bits per heavy atom. The largest absolute Gasteiger partial charge is 0.355 e. The molecule has 0 atom stereocenters. The molecule has 0 saturated heterocycles. The molecule has 7 nitrogen and oxygen atoms in total. The van der Waals surface area contributed by atoms with E-state index in [2.05, 4.69) is 10.6 Å². The topological polar surface area (TPSA) is 101 Å². The standard InChI is InChI=1S/C17H17N3O4/c1-11-14(7-4-8-15(11)20(23)24)17(22)19-10-12-5-3-6-13(9-12)16(21)18-2/h3-9H,10H2,1-2H3,(H,18,21)(H,19,22). The van der Waals surface area contributed by atoms with Crippen LogP contribution in [0, 0.1) is 17.0 Å². The van der Waals surface area contributed by atoms with Gasteiger partial charge in [0.2, 0.25) is 0 Å². The third-order valence-corrected chi connectivity index (χ3v) is 3.62. The Balaban J connectivity index is 2.13. The lowest BCUT2D eigenvalue weighted by Gasteiger charge is -2.09. The number of carbonyl (C=O) groups is 2. The fourth-order valence-electron chi connectivity index (χ4n) is 2.31. The van der Waals surface area contributed by atoms with Gasteiger partial charge in [0.15, 0.2) is 0 Å². The third-order valence-electron chi connectivity index (χ3n) is 3.62. The predicted molar refractivity (Wildman–Crippen MR) is 88.8 cm³/mol. The van der Waals surface area contributed by atoms with E-state index < -0.39 is 10.8 Å². The van der Waals surface area contributed by atoms with Crippen molar-refractivity contribution in [2.45, 2.75) is 13.5 Å². The van der Waals surface area contributed by atoms with Gasteiger partial charge < -0.3 is 10.6 Å². The van der Waals surface area contributed by atoms with Gasteiger partial charge in [-0.25, -0.2) is 0 Å². The number of rotatable bonds is 5. The van der Waals surface area contributed by atoms with Crippen molar-refractivity contribution in [2.24, 2.45) is 0 Å². The van der Waals surface area contributed by atoms with Crippen LogP contribution in [-0.2, 0) is 6.54 Å². The molecule has 0 saturated carbocycles. The van der Waals surface area contributed by atoms with Gasteiger partial charge in [-0.05, 0) is 30.7 Å². The minimum atomic E-state index is -0.515. The zero-order chi connectivity index (χ0) is 17.7. The third kappa shape index (κ3) is 3.75. The van der Waals surface area contributed by atoms with Gasteiger partial charge in [-0.2, -0.15) is 0 Å². The van der Waals surface area contributed by atoms with E-state index in [1.165, 1.54) is 12.1 Å². The van der Waals surface area contributed by atoms with Crippen molar-refractivity contribution in [3.05, 3.63) is 74.8 Å². The molecule has 0 bridgehead atoms. The molecular weight excluding hydrogens is 310 g/mol. The van der Waals surface area contributed by atoms with Crippen LogP contribution in [0.3, 0.4) is 0 Å². The number of benzene rings is 2. The number of hydrogen-bond donors (Lipinski definition) is 2. The molecule has 0 heterocycles. The summed E-state index contributed by atoms with van der Waals surface area (Å²) in [4.78, 5) is 34.3. The molecule has 2 aromatic rings. The monoisotopic (exact) mass is 327 g/mol. The molecule has 0 aliphatic heterocycles. The SMILES string of the molecule is CNC(=O)c1cccc(CNC(=O)c2cccc([N+](=O)[O-])c2C)c1. The van der Waals surface area contributed by atoms with Crippen LogP contribution in [0.1, 0.15) is 31.8 Å². The highest BCUT2D eigenvalue weighted by atomic mass is 16.6. The average molecular weight is 327 g/mol. The molecule has 7 heteroatoms. The summed E-state index contributed by atoms with van der Waals surface area (Å²) in [6.45, 7) is 1.76. The van der Waals surface area contributed by atoms with Gasteiger partial charge in [-0.15, -0.1) is 0 Å². The van der Waals surface area contributed by atoms with Crippen molar-refractivity contribution in [3.63, 3.8) is 0 Å². The van der Waals surface area contributed by atoms with Gasteiger partial charge in [-0.3, -0.25) is 19.7 Å². The lowest BCUT2D eigenvalue weighted by atomic mass is 10.1. The molecule has 24 heavy (non-hydrogen) atoms. The Morgan fingerprint density at radius 1 is 1.12 bits per heavy atom. The summed E-state index contributed by atoms with van der Waals surface area (Å²) in [6.07, 6.45) is 0. The molecule has 2 amide bonds.